The van der Waals surface area contributed by atoms with Crippen molar-refractivity contribution in [3.05, 3.63) is 56.7 Å². The van der Waals surface area contributed by atoms with E-state index in [9.17, 15) is 0 Å². The molecule has 3 aromatic rings. The maximum absolute atomic E-state index is 5.74. The number of aromatic nitrogens is 3. The van der Waals surface area contributed by atoms with Gasteiger partial charge in [-0.1, -0.05) is 6.07 Å². The largest absolute Gasteiger partial charge is 0.497 e. The standard InChI is InChI=1S/C16H16N4O2S2/c1-11-6-7-14(24-11)9-17-20-15(18-19-16(20)23)10-22-13-5-3-4-12(8-13)21-2/h3-9H,10H2,1-2H3,(H,19,23)/b17-9-. The summed E-state index contributed by atoms with van der Waals surface area (Å²) in [4.78, 5) is 2.28. The lowest BCUT2D eigenvalue weighted by molar-refractivity contribution is 0.288. The zero-order valence-corrected chi connectivity index (χ0v) is 14.9. The van der Waals surface area contributed by atoms with Crippen LogP contribution in [-0.2, 0) is 6.61 Å². The number of hydrogen-bond acceptors (Lipinski definition) is 6. The fourth-order valence-corrected chi connectivity index (χ4v) is 2.96. The van der Waals surface area contributed by atoms with Gasteiger partial charge >= 0.3 is 0 Å². The topological polar surface area (TPSA) is 64.4 Å². The minimum atomic E-state index is 0.237. The minimum absolute atomic E-state index is 0.237. The van der Waals surface area contributed by atoms with Crippen molar-refractivity contribution in [2.75, 3.05) is 7.11 Å². The van der Waals surface area contributed by atoms with Gasteiger partial charge in [-0.15, -0.1) is 11.3 Å². The number of nitrogens with one attached hydrogen (secondary N) is 1. The minimum Gasteiger partial charge on any atom is -0.497 e. The highest BCUT2D eigenvalue weighted by Crippen LogP contribution is 2.19. The number of thiophene rings is 1. The number of benzene rings is 1. The molecule has 0 aliphatic carbocycles. The number of methoxy groups -OCH3 is 1. The molecule has 1 N–H and O–H groups in total. The predicted octanol–water partition coefficient (Wildman–Crippen LogP) is 3.78. The van der Waals surface area contributed by atoms with Gasteiger partial charge in [0.2, 0.25) is 4.77 Å². The van der Waals surface area contributed by atoms with Crippen LogP contribution in [0.25, 0.3) is 0 Å². The molecule has 6 nitrogen and oxygen atoms in total. The first-order chi connectivity index (χ1) is 11.7. The van der Waals surface area contributed by atoms with Crippen LogP contribution in [0, 0.1) is 11.7 Å². The summed E-state index contributed by atoms with van der Waals surface area (Å²) in [6, 6.07) is 11.4. The van der Waals surface area contributed by atoms with Gasteiger partial charge < -0.3 is 9.47 Å². The Morgan fingerprint density at radius 1 is 1.33 bits per heavy atom. The average molecular weight is 360 g/mol. The monoisotopic (exact) mass is 360 g/mol. The van der Waals surface area contributed by atoms with E-state index in [1.54, 1.807) is 29.3 Å². The Morgan fingerprint density at radius 3 is 2.92 bits per heavy atom. The summed E-state index contributed by atoms with van der Waals surface area (Å²) < 4.78 is 12.9. The zero-order valence-electron chi connectivity index (χ0n) is 13.2. The second-order valence-electron chi connectivity index (χ2n) is 4.92. The van der Waals surface area contributed by atoms with Gasteiger partial charge in [0.05, 0.1) is 13.3 Å². The van der Waals surface area contributed by atoms with Gasteiger partial charge in [-0.05, 0) is 43.4 Å². The Labute approximate surface area is 148 Å². The maximum Gasteiger partial charge on any atom is 0.216 e. The Kier molecular flexibility index (Phi) is 5.07. The summed E-state index contributed by atoms with van der Waals surface area (Å²) in [7, 11) is 1.62. The van der Waals surface area contributed by atoms with Gasteiger partial charge in [-0.2, -0.15) is 14.9 Å². The molecule has 0 aliphatic heterocycles. The van der Waals surface area contributed by atoms with E-state index in [1.807, 2.05) is 36.4 Å². The highest BCUT2D eigenvalue weighted by molar-refractivity contribution is 7.71. The first-order valence-electron chi connectivity index (χ1n) is 7.19. The molecule has 24 heavy (non-hydrogen) atoms. The summed E-state index contributed by atoms with van der Waals surface area (Å²) in [6.07, 6.45) is 1.76. The summed E-state index contributed by atoms with van der Waals surface area (Å²) in [6.45, 7) is 2.29. The summed E-state index contributed by atoms with van der Waals surface area (Å²) >= 11 is 6.89. The Hall–Kier alpha value is -2.45. The van der Waals surface area contributed by atoms with E-state index in [0.717, 1.165) is 10.6 Å². The van der Waals surface area contributed by atoms with Crippen molar-refractivity contribution in [1.82, 2.24) is 14.9 Å². The third-order valence-corrected chi connectivity index (χ3v) is 4.39. The fourth-order valence-electron chi connectivity index (χ4n) is 2.01. The van der Waals surface area contributed by atoms with Crippen LogP contribution in [0.5, 0.6) is 11.5 Å². The first-order valence-corrected chi connectivity index (χ1v) is 8.42. The van der Waals surface area contributed by atoms with E-state index in [1.165, 1.54) is 4.88 Å². The average Bonchev–Trinajstić information content (AvgIpc) is 3.17. The lowest BCUT2D eigenvalue weighted by Crippen LogP contribution is -2.04. The van der Waals surface area contributed by atoms with Crippen LogP contribution in [0.15, 0.2) is 41.5 Å². The normalized spacial score (nSPS) is 11.1. The molecule has 0 saturated carbocycles. The lowest BCUT2D eigenvalue weighted by Gasteiger charge is -2.07. The predicted molar refractivity (Wildman–Crippen MR) is 96.8 cm³/mol. The molecule has 0 atom stereocenters. The van der Waals surface area contributed by atoms with E-state index < -0.39 is 0 Å². The first kappa shape index (κ1) is 16.4. The molecule has 0 amide bonds. The highest BCUT2D eigenvalue weighted by atomic mass is 32.1. The van der Waals surface area contributed by atoms with Crippen LogP contribution in [0.2, 0.25) is 0 Å². The molecule has 0 bridgehead atoms. The third-order valence-electron chi connectivity index (χ3n) is 3.19. The molecule has 3 rings (SSSR count). The van der Waals surface area contributed by atoms with Crippen LogP contribution in [-0.4, -0.2) is 28.2 Å². The summed E-state index contributed by atoms with van der Waals surface area (Å²) in [5, 5.41) is 11.3. The Balaban J connectivity index is 1.74. The molecule has 1 aromatic carbocycles. The van der Waals surface area contributed by atoms with Gasteiger partial charge in [-0.3, -0.25) is 0 Å². The van der Waals surface area contributed by atoms with E-state index in [0.29, 0.717) is 16.3 Å². The van der Waals surface area contributed by atoms with Gasteiger partial charge in [0.25, 0.3) is 0 Å². The quantitative estimate of drug-likeness (QED) is 0.537. The van der Waals surface area contributed by atoms with E-state index in [-0.39, 0.29) is 6.61 Å². The van der Waals surface area contributed by atoms with Gasteiger partial charge in [0.1, 0.15) is 18.1 Å². The van der Waals surface area contributed by atoms with Gasteiger partial charge in [0.15, 0.2) is 5.82 Å². The number of rotatable bonds is 6. The molecule has 2 aromatic heterocycles. The highest BCUT2D eigenvalue weighted by Gasteiger charge is 2.07. The van der Waals surface area contributed by atoms with Crippen LogP contribution >= 0.6 is 23.6 Å². The number of aromatic amines is 1. The zero-order chi connectivity index (χ0) is 16.9. The SMILES string of the molecule is COc1cccc(OCc2n[nH]c(=S)n2/N=C\c2ccc(C)s2)c1. The Morgan fingerprint density at radius 2 is 2.17 bits per heavy atom. The van der Waals surface area contributed by atoms with Crippen LogP contribution < -0.4 is 9.47 Å². The smallest absolute Gasteiger partial charge is 0.216 e. The molecule has 0 fully saturated rings. The fraction of sp³-hybridized carbons (Fsp3) is 0.188. The third kappa shape index (κ3) is 3.90. The van der Waals surface area contributed by atoms with E-state index in [4.69, 9.17) is 21.7 Å². The second-order valence-corrected chi connectivity index (χ2v) is 6.62. The number of ether oxygens (including phenoxy) is 2. The molecule has 0 aliphatic rings. The Bertz CT molecular complexity index is 911. The van der Waals surface area contributed by atoms with Crippen LogP contribution in [0.3, 0.4) is 0 Å². The lowest BCUT2D eigenvalue weighted by atomic mass is 10.3. The van der Waals surface area contributed by atoms with Crippen molar-refractivity contribution in [2.45, 2.75) is 13.5 Å². The van der Waals surface area contributed by atoms with Crippen molar-refractivity contribution in [1.29, 1.82) is 0 Å². The van der Waals surface area contributed by atoms with Crippen LogP contribution in [0.1, 0.15) is 15.6 Å². The molecular weight excluding hydrogens is 344 g/mol. The maximum atomic E-state index is 5.74. The number of hydrogen-bond donors (Lipinski definition) is 1. The number of nitrogens with zero attached hydrogens (tertiary/aromatic N) is 3. The van der Waals surface area contributed by atoms with Crippen molar-refractivity contribution in [3.63, 3.8) is 0 Å². The molecule has 0 radical (unpaired) electrons. The molecule has 124 valence electrons. The van der Waals surface area contributed by atoms with Crippen molar-refractivity contribution >= 4 is 29.8 Å². The van der Waals surface area contributed by atoms with Crippen molar-refractivity contribution in [2.24, 2.45) is 5.10 Å². The number of aryl methyl sites for hydroxylation is 1. The van der Waals surface area contributed by atoms with Crippen molar-refractivity contribution in [3.8, 4) is 11.5 Å². The molecular formula is C16H16N4O2S2. The van der Waals surface area contributed by atoms with Crippen LogP contribution in [0.4, 0.5) is 0 Å². The number of H-pyrrole nitrogens is 1. The summed E-state index contributed by atoms with van der Waals surface area (Å²) in [5.74, 6) is 2.01. The molecule has 8 heteroatoms. The molecule has 0 saturated heterocycles. The molecule has 0 unspecified atom stereocenters. The molecule has 2 heterocycles. The van der Waals surface area contributed by atoms with E-state index >= 15 is 0 Å². The molecule has 0 spiro atoms. The van der Waals surface area contributed by atoms with E-state index in [2.05, 4.69) is 22.2 Å². The van der Waals surface area contributed by atoms with Gasteiger partial charge in [0, 0.05) is 15.8 Å². The van der Waals surface area contributed by atoms with Gasteiger partial charge in [-0.25, -0.2) is 5.10 Å². The summed E-state index contributed by atoms with van der Waals surface area (Å²) in [5.41, 5.74) is 0. The second kappa shape index (κ2) is 7.41. The van der Waals surface area contributed by atoms with Crippen molar-refractivity contribution < 1.29 is 9.47 Å².